The molecule has 0 aliphatic carbocycles. The molecule has 0 unspecified atom stereocenters. The Hall–Kier alpha value is -3.60. The predicted molar refractivity (Wildman–Crippen MR) is 105 cm³/mol. The van der Waals surface area contributed by atoms with Crippen LogP contribution in [0.2, 0.25) is 0 Å². The van der Waals surface area contributed by atoms with Gasteiger partial charge in [-0.2, -0.15) is 5.26 Å². The Morgan fingerprint density at radius 2 is 1.86 bits per heavy atom. The molecule has 2 amide bonds. The Bertz CT molecular complexity index is 912. The number of carbonyl (C=O) groups excluding carboxylic acids is 3. The third kappa shape index (κ3) is 5.94. The number of rotatable bonds is 9. The van der Waals surface area contributed by atoms with Crippen molar-refractivity contribution >= 4 is 23.7 Å². The van der Waals surface area contributed by atoms with Crippen molar-refractivity contribution in [1.29, 1.82) is 5.26 Å². The Balaban J connectivity index is 1.73. The molecular formula is C21H23N3O5. The summed E-state index contributed by atoms with van der Waals surface area (Å²) in [5.74, 6) is -0.980. The second-order valence-electron chi connectivity index (χ2n) is 6.32. The number of amides is 2. The average molecular weight is 397 g/mol. The van der Waals surface area contributed by atoms with Crippen LogP contribution in [-0.4, -0.2) is 31.4 Å². The Morgan fingerprint density at radius 1 is 1.14 bits per heavy atom. The minimum absolute atomic E-state index is 0.0134. The molecule has 29 heavy (non-hydrogen) atoms. The molecule has 1 heterocycles. The maximum Gasteiger partial charge on any atom is 0.342 e. The number of methoxy groups -OCH3 is 1. The molecule has 1 aromatic heterocycles. The standard InChI is InChI=1S/C21H23N3O5/c1-14-18(21(27)28-2)16(13-22)20(29-14)24-17(25)11-7-4-8-12-23-19(26)15-9-5-3-6-10-15/h3,5-6,9-10H,4,7-8,11-12H2,1-2H3,(H,23,26)(H,24,25). The van der Waals surface area contributed by atoms with E-state index in [0.717, 1.165) is 12.8 Å². The topological polar surface area (TPSA) is 121 Å². The summed E-state index contributed by atoms with van der Waals surface area (Å²) in [4.78, 5) is 35.8. The van der Waals surface area contributed by atoms with E-state index in [1.807, 2.05) is 12.1 Å². The van der Waals surface area contributed by atoms with Gasteiger partial charge in [0.1, 0.15) is 23.0 Å². The van der Waals surface area contributed by atoms with Gasteiger partial charge in [0.15, 0.2) is 0 Å². The van der Waals surface area contributed by atoms with Crippen LogP contribution in [0.15, 0.2) is 34.7 Å². The van der Waals surface area contributed by atoms with Crippen LogP contribution in [0.25, 0.3) is 0 Å². The zero-order chi connectivity index (χ0) is 21.2. The number of aryl methyl sites for hydroxylation is 1. The van der Waals surface area contributed by atoms with Crippen molar-refractivity contribution < 1.29 is 23.5 Å². The van der Waals surface area contributed by atoms with Crippen LogP contribution in [0.4, 0.5) is 5.88 Å². The zero-order valence-corrected chi connectivity index (χ0v) is 16.4. The van der Waals surface area contributed by atoms with Crippen LogP contribution in [-0.2, 0) is 9.53 Å². The summed E-state index contributed by atoms with van der Waals surface area (Å²) in [5, 5.41) is 14.6. The fourth-order valence-electron chi connectivity index (χ4n) is 2.76. The van der Waals surface area contributed by atoms with Crippen molar-refractivity contribution in [3.63, 3.8) is 0 Å². The molecule has 2 N–H and O–H groups in total. The summed E-state index contributed by atoms with van der Waals surface area (Å²) in [5.41, 5.74) is 0.575. The third-order valence-electron chi connectivity index (χ3n) is 4.24. The van der Waals surface area contributed by atoms with E-state index in [2.05, 4.69) is 15.4 Å². The highest BCUT2D eigenvalue weighted by Crippen LogP contribution is 2.27. The molecular weight excluding hydrogens is 374 g/mol. The van der Waals surface area contributed by atoms with Crippen LogP contribution < -0.4 is 10.6 Å². The minimum atomic E-state index is -0.694. The molecule has 8 heteroatoms. The molecule has 0 aliphatic heterocycles. The highest BCUT2D eigenvalue weighted by molar-refractivity contribution is 5.98. The second kappa shape index (κ2) is 10.7. The number of nitrogens with zero attached hydrogens (tertiary/aromatic N) is 1. The number of benzene rings is 1. The lowest BCUT2D eigenvalue weighted by Crippen LogP contribution is -2.24. The first kappa shape index (κ1) is 21.7. The second-order valence-corrected chi connectivity index (χ2v) is 6.32. The highest BCUT2D eigenvalue weighted by atomic mass is 16.5. The van der Waals surface area contributed by atoms with Gasteiger partial charge in [-0.05, 0) is 31.9 Å². The fraction of sp³-hybridized carbons (Fsp3) is 0.333. The maximum absolute atomic E-state index is 12.1. The molecule has 8 nitrogen and oxygen atoms in total. The van der Waals surface area contributed by atoms with E-state index in [1.54, 1.807) is 24.3 Å². The van der Waals surface area contributed by atoms with Crippen molar-refractivity contribution in [3.05, 3.63) is 52.8 Å². The van der Waals surface area contributed by atoms with E-state index in [1.165, 1.54) is 14.0 Å². The van der Waals surface area contributed by atoms with Gasteiger partial charge in [0.2, 0.25) is 11.8 Å². The molecule has 0 saturated carbocycles. The molecule has 0 saturated heterocycles. The number of hydrogen-bond donors (Lipinski definition) is 2. The van der Waals surface area contributed by atoms with Crippen molar-refractivity contribution in [2.24, 2.45) is 0 Å². The summed E-state index contributed by atoms with van der Waals surface area (Å²) in [6.07, 6.45) is 2.32. The summed E-state index contributed by atoms with van der Waals surface area (Å²) < 4.78 is 9.97. The molecule has 0 radical (unpaired) electrons. The third-order valence-corrected chi connectivity index (χ3v) is 4.24. The van der Waals surface area contributed by atoms with E-state index in [0.29, 0.717) is 18.5 Å². The SMILES string of the molecule is COC(=O)c1c(C)oc(NC(=O)CCCCCNC(=O)c2ccccc2)c1C#N. The molecule has 0 atom stereocenters. The van der Waals surface area contributed by atoms with Crippen molar-refractivity contribution in [2.45, 2.75) is 32.6 Å². The summed E-state index contributed by atoms with van der Waals surface area (Å²) in [6.45, 7) is 2.04. The summed E-state index contributed by atoms with van der Waals surface area (Å²) in [6, 6.07) is 10.8. The van der Waals surface area contributed by atoms with Gasteiger partial charge in [-0.15, -0.1) is 0 Å². The number of esters is 1. The van der Waals surface area contributed by atoms with Crippen molar-refractivity contribution in [2.75, 3.05) is 19.0 Å². The van der Waals surface area contributed by atoms with Gasteiger partial charge in [-0.3, -0.25) is 14.9 Å². The normalized spacial score (nSPS) is 10.1. The van der Waals surface area contributed by atoms with E-state index >= 15 is 0 Å². The first-order chi connectivity index (χ1) is 14.0. The number of ether oxygens (including phenoxy) is 1. The van der Waals surface area contributed by atoms with Gasteiger partial charge in [-0.1, -0.05) is 24.6 Å². The van der Waals surface area contributed by atoms with E-state index < -0.39 is 5.97 Å². The molecule has 0 spiro atoms. The van der Waals surface area contributed by atoms with Crippen LogP contribution in [0, 0.1) is 18.3 Å². The molecule has 1 aromatic carbocycles. The molecule has 2 aromatic rings. The lowest BCUT2D eigenvalue weighted by atomic mass is 10.1. The quantitative estimate of drug-likeness (QED) is 0.495. The fourth-order valence-corrected chi connectivity index (χ4v) is 2.76. The van der Waals surface area contributed by atoms with Gasteiger partial charge < -0.3 is 14.5 Å². The molecule has 152 valence electrons. The lowest BCUT2D eigenvalue weighted by Gasteiger charge is -2.05. The number of furan rings is 1. The van der Waals surface area contributed by atoms with E-state index in [4.69, 9.17) is 4.42 Å². The molecule has 2 rings (SSSR count). The molecule has 0 fully saturated rings. The van der Waals surface area contributed by atoms with Gasteiger partial charge in [0.05, 0.1) is 7.11 Å². The largest absolute Gasteiger partial charge is 0.465 e. The number of carbonyl (C=O) groups is 3. The molecule has 0 aliphatic rings. The Morgan fingerprint density at radius 3 is 2.52 bits per heavy atom. The van der Waals surface area contributed by atoms with E-state index in [9.17, 15) is 19.6 Å². The van der Waals surface area contributed by atoms with E-state index in [-0.39, 0.29) is 41.0 Å². The average Bonchev–Trinajstić information content (AvgIpc) is 3.04. The van der Waals surface area contributed by atoms with Crippen LogP contribution >= 0.6 is 0 Å². The number of anilines is 1. The van der Waals surface area contributed by atoms with Crippen molar-refractivity contribution in [1.82, 2.24) is 5.32 Å². The van der Waals surface area contributed by atoms with Crippen molar-refractivity contribution in [3.8, 4) is 6.07 Å². The minimum Gasteiger partial charge on any atom is -0.465 e. The van der Waals surface area contributed by atoms with Gasteiger partial charge in [-0.25, -0.2) is 4.79 Å². The predicted octanol–water partition coefficient (Wildman–Crippen LogP) is 3.18. The lowest BCUT2D eigenvalue weighted by molar-refractivity contribution is -0.116. The van der Waals surface area contributed by atoms with Crippen LogP contribution in [0.3, 0.4) is 0 Å². The summed E-state index contributed by atoms with van der Waals surface area (Å²) >= 11 is 0. The molecule has 0 bridgehead atoms. The first-order valence-corrected chi connectivity index (χ1v) is 9.22. The number of nitriles is 1. The van der Waals surface area contributed by atoms with Gasteiger partial charge >= 0.3 is 5.97 Å². The maximum atomic E-state index is 12.1. The monoisotopic (exact) mass is 397 g/mol. The van der Waals surface area contributed by atoms with Gasteiger partial charge in [0.25, 0.3) is 5.91 Å². The van der Waals surface area contributed by atoms with Crippen LogP contribution in [0.1, 0.15) is 57.7 Å². The highest BCUT2D eigenvalue weighted by Gasteiger charge is 2.25. The Labute approximate surface area is 168 Å². The Kier molecular flexibility index (Phi) is 7.98. The van der Waals surface area contributed by atoms with Gasteiger partial charge in [0, 0.05) is 18.5 Å². The smallest absolute Gasteiger partial charge is 0.342 e. The number of nitrogens with one attached hydrogen (secondary N) is 2. The summed E-state index contributed by atoms with van der Waals surface area (Å²) in [7, 11) is 1.20. The van der Waals surface area contributed by atoms with Crippen LogP contribution in [0.5, 0.6) is 0 Å². The number of hydrogen-bond acceptors (Lipinski definition) is 6. The number of unbranched alkanes of at least 4 members (excludes halogenated alkanes) is 2. The zero-order valence-electron chi connectivity index (χ0n) is 16.4. The first-order valence-electron chi connectivity index (χ1n) is 9.22.